The fourth-order valence-electron chi connectivity index (χ4n) is 2.57. The fraction of sp³-hybridized carbons (Fsp3) is 0.765. The number of aliphatic hydroxyl groups is 1. The molecule has 1 rings (SSSR count). The van der Waals surface area contributed by atoms with E-state index in [0.717, 1.165) is 23.4 Å². The summed E-state index contributed by atoms with van der Waals surface area (Å²) in [6.45, 7) is 12.0. The molecule has 0 bridgehead atoms. The molecule has 0 radical (unpaired) electrons. The minimum absolute atomic E-state index is 0.0220. The smallest absolute Gasteiger partial charge is 0.223 e. The lowest BCUT2D eigenvalue weighted by Gasteiger charge is -2.30. The summed E-state index contributed by atoms with van der Waals surface area (Å²) in [7, 11) is 1.92. The van der Waals surface area contributed by atoms with Gasteiger partial charge in [0.1, 0.15) is 0 Å². The lowest BCUT2D eigenvalue weighted by molar-refractivity contribution is -0.126. The maximum Gasteiger partial charge on any atom is 0.223 e. The van der Waals surface area contributed by atoms with Crippen molar-refractivity contribution in [3.63, 3.8) is 0 Å². The molecule has 0 aliphatic heterocycles. The van der Waals surface area contributed by atoms with Crippen LogP contribution in [0, 0.1) is 25.7 Å². The normalized spacial score (nSPS) is 16.9. The van der Waals surface area contributed by atoms with Crippen molar-refractivity contribution in [3.05, 3.63) is 17.0 Å². The van der Waals surface area contributed by atoms with Gasteiger partial charge in [-0.1, -0.05) is 27.2 Å². The van der Waals surface area contributed by atoms with E-state index in [-0.39, 0.29) is 24.3 Å². The lowest BCUT2D eigenvalue weighted by atomic mass is 9.88. The molecule has 0 aromatic carbocycles. The summed E-state index contributed by atoms with van der Waals surface area (Å²) in [4.78, 5) is 12.3. The van der Waals surface area contributed by atoms with Gasteiger partial charge in [0.15, 0.2) is 0 Å². The van der Waals surface area contributed by atoms with E-state index >= 15 is 0 Å². The van der Waals surface area contributed by atoms with Gasteiger partial charge in [-0.2, -0.15) is 5.10 Å². The highest BCUT2D eigenvalue weighted by Gasteiger charge is 2.28. The molecule has 1 amide bonds. The molecule has 3 unspecified atom stereocenters. The van der Waals surface area contributed by atoms with Crippen molar-refractivity contribution >= 4 is 5.91 Å². The molecule has 0 aliphatic carbocycles. The lowest BCUT2D eigenvalue weighted by Crippen LogP contribution is -2.46. The SMILES string of the molecule is CCC(C)C(C)(O)CNC(=O)C(C)Cc1c(C)nn(C)c1C. The fourth-order valence-corrected chi connectivity index (χ4v) is 2.57. The quantitative estimate of drug-likeness (QED) is 0.811. The second-order valence-corrected chi connectivity index (χ2v) is 6.76. The van der Waals surface area contributed by atoms with Gasteiger partial charge in [-0.3, -0.25) is 9.48 Å². The molecule has 1 heterocycles. The first-order chi connectivity index (χ1) is 10.1. The molecule has 3 atom stereocenters. The Labute approximate surface area is 134 Å². The Morgan fingerprint density at radius 3 is 2.45 bits per heavy atom. The standard InChI is InChI=1S/C17H31N3O2/c1-8-12(3)17(6,22)10-18-16(21)11(2)9-15-13(4)19-20(7)14(15)5/h11-12,22H,8-10H2,1-7H3,(H,18,21). The number of hydrogen-bond acceptors (Lipinski definition) is 3. The molecular formula is C17H31N3O2. The van der Waals surface area contributed by atoms with E-state index in [1.165, 1.54) is 0 Å². The molecule has 0 aliphatic rings. The molecule has 0 saturated heterocycles. The number of amides is 1. The number of hydrogen-bond donors (Lipinski definition) is 2. The first kappa shape index (κ1) is 18.7. The van der Waals surface area contributed by atoms with Crippen molar-refractivity contribution in [1.82, 2.24) is 15.1 Å². The zero-order chi connectivity index (χ0) is 17.1. The zero-order valence-corrected chi connectivity index (χ0v) is 15.0. The summed E-state index contributed by atoms with van der Waals surface area (Å²) < 4.78 is 1.85. The molecule has 126 valence electrons. The minimum Gasteiger partial charge on any atom is -0.388 e. The van der Waals surface area contributed by atoms with Gasteiger partial charge in [-0.25, -0.2) is 0 Å². The largest absolute Gasteiger partial charge is 0.388 e. The van der Waals surface area contributed by atoms with Crippen molar-refractivity contribution in [3.8, 4) is 0 Å². The van der Waals surface area contributed by atoms with Crippen LogP contribution in [0.1, 0.15) is 51.1 Å². The summed E-state index contributed by atoms with van der Waals surface area (Å²) in [6.07, 6.45) is 1.55. The van der Waals surface area contributed by atoms with Crippen LogP contribution in [0.25, 0.3) is 0 Å². The molecule has 2 N–H and O–H groups in total. The second kappa shape index (κ2) is 7.27. The maximum atomic E-state index is 12.3. The number of nitrogens with one attached hydrogen (secondary N) is 1. The van der Waals surface area contributed by atoms with E-state index in [0.29, 0.717) is 6.42 Å². The van der Waals surface area contributed by atoms with Gasteiger partial charge in [-0.05, 0) is 38.7 Å². The van der Waals surface area contributed by atoms with E-state index in [9.17, 15) is 9.90 Å². The van der Waals surface area contributed by atoms with Gasteiger partial charge in [0.05, 0.1) is 11.3 Å². The molecule has 5 nitrogen and oxygen atoms in total. The summed E-state index contributed by atoms with van der Waals surface area (Å²) in [5, 5.41) is 17.6. The van der Waals surface area contributed by atoms with Crippen molar-refractivity contribution in [2.45, 2.75) is 60.0 Å². The molecule has 0 fully saturated rings. The molecule has 1 aromatic heterocycles. The van der Waals surface area contributed by atoms with Gasteiger partial charge >= 0.3 is 0 Å². The first-order valence-corrected chi connectivity index (χ1v) is 8.09. The van der Waals surface area contributed by atoms with Crippen molar-refractivity contribution < 1.29 is 9.90 Å². The number of aromatic nitrogens is 2. The summed E-state index contributed by atoms with van der Waals surface area (Å²) in [5.74, 6) is -0.0218. The van der Waals surface area contributed by atoms with Crippen LogP contribution in [0.5, 0.6) is 0 Å². The minimum atomic E-state index is -0.871. The van der Waals surface area contributed by atoms with E-state index in [1.54, 1.807) is 6.92 Å². The monoisotopic (exact) mass is 309 g/mol. The average Bonchev–Trinajstić information content (AvgIpc) is 2.70. The van der Waals surface area contributed by atoms with Gasteiger partial charge in [0, 0.05) is 25.2 Å². The van der Waals surface area contributed by atoms with E-state index in [1.807, 2.05) is 46.3 Å². The van der Waals surface area contributed by atoms with Crippen LogP contribution < -0.4 is 5.32 Å². The number of aryl methyl sites for hydroxylation is 2. The third-order valence-electron chi connectivity index (χ3n) is 4.91. The van der Waals surface area contributed by atoms with Crippen LogP contribution in [0.2, 0.25) is 0 Å². The Hall–Kier alpha value is -1.36. The van der Waals surface area contributed by atoms with Crippen molar-refractivity contribution in [1.29, 1.82) is 0 Å². The third-order valence-corrected chi connectivity index (χ3v) is 4.91. The predicted octanol–water partition coefficient (Wildman–Crippen LogP) is 2.13. The highest BCUT2D eigenvalue weighted by molar-refractivity contribution is 5.78. The van der Waals surface area contributed by atoms with Gasteiger partial charge in [0.2, 0.25) is 5.91 Å². The molecule has 0 saturated carbocycles. The summed E-state index contributed by atoms with van der Waals surface area (Å²) >= 11 is 0. The number of carbonyl (C=O) groups is 1. The summed E-state index contributed by atoms with van der Waals surface area (Å²) in [6, 6.07) is 0. The highest BCUT2D eigenvalue weighted by Crippen LogP contribution is 2.20. The molecule has 0 spiro atoms. The van der Waals surface area contributed by atoms with E-state index in [2.05, 4.69) is 10.4 Å². The molecule has 5 heteroatoms. The van der Waals surface area contributed by atoms with Crippen LogP contribution >= 0.6 is 0 Å². The topological polar surface area (TPSA) is 67.2 Å². The Balaban J connectivity index is 2.63. The van der Waals surface area contributed by atoms with E-state index < -0.39 is 5.60 Å². The van der Waals surface area contributed by atoms with Crippen LogP contribution in [-0.4, -0.2) is 32.9 Å². The van der Waals surface area contributed by atoms with Crippen LogP contribution in [0.3, 0.4) is 0 Å². The second-order valence-electron chi connectivity index (χ2n) is 6.76. The molecule has 1 aromatic rings. The van der Waals surface area contributed by atoms with Crippen LogP contribution in [0.15, 0.2) is 0 Å². The van der Waals surface area contributed by atoms with Crippen molar-refractivity contribution in [2.75, 3.05) is 6.54 Å². The third kappa shape index (κ3) is 4.32. The van der Waals surface area contributed by atoms with Crippen LogP contribution in [0.4, 0.5) is 0 Å². The Morgan fingerprint density at radius 2 is 2.00 bits per heavy atom. The number of carbonyl (C=O) groups excluding carboxylic acids is 1. The van der Waals surface area contributed by atoms with E-state index in [4.69, 9.17) is 0 Å². The van der Waals surface area contributed by atoms with Gasteiger partial charge in [-0.15, -0.1) is 0 Å². The number of rotatable bonds is 7. The van der Waals surface area contributed by atoms with Gasteiger partial charge < -0.3 is 10.4 Å². The number of nitrogens with zero attached hydrogens (tertiary/aromatic N) is 2. The highest BCUT2D eigenvalue weighted by atomic mass is 16.3. The Kier molecular flexibility index (Phi) is 6.17. The average molecular weight is 309 g/mol. The predicted molar refractivity (Wildman–Crippen MR) is 88.6 cm³/mol. The Morgan fingerprint density at radius 1 is 1.41 bits per heavy atom. The van der Waals surface area contributed by atoms with Crippen LogP contribution in [-0.2, 0) is 18.3 Å². The molecular weight excluding hydrogens is 278 g/mol. The van der Waals surface area contributed by atoms with Crippen molar-refractivity contribution in [2.24, 2.45) is 18.9 Å². The molecule has 22 heavy (non-hydrogen) atoms. The maximum absolute atomic E-state index is 12.3. The summed E-state index contributed by atoms with van der Waals surface area (Å²) in [5.41, 5.74) is 2.35. The zero-order valence-electron chi connectivity index (χ0n) is 15.0. The first-order valence-electron chi connectivity index (χ1n) is 8.09. The van der Waals surface area contributed by atoms with Gasteiger partial charge in [0.25, 0.3) is 0 Å². The Bertz CT molecular complexity index is 520.